The van der Waals surface area contributed by atoms with Crippen LogP contribution in [0, 0.1) is 19.3 Å². The standard InChI is InChI=1S/C24H25ClN2O4/c1-6-13-27(24(28)29-5)22-10-8-9-21(25)20(22)16-30-23-12-11-19(15-17(23)3)18(4)26-31-14-7-2/h1,7-12,15H,2,13-14,16H2,3-5H3. The molecular weight excluding hydrogens is 416 g/mol. The summed E-state index contributed by atoms with van der Waals surface area (Å²) in [6.45, 7) is 7.92. The third kappa shape index (κ3) is 6.27. The summed E-state index contributed by atoms with van der Waals surface area (Å²) in [5, 5.41) is 4.51. The fourth-order valence-electron chi connectivity index (χ4n) is 2.82. The summed E-state index contributed by atoms with van der Waals surface area (Å²) in [5.74, 6) is 3.14. The molecule has 0 bridgehead atoms. The number of hydrogen-bond acceptors (Lipinski definition) is 5. The zero-order valence-electron chi connectivity index (χ0n) is 17.9. The van der Waals surface area contributed by atoms with Crippen molar-refractivity contribution in [1.82, 2.24) is 0 Å². The highest BCUT2D eigenvalue weighted by Crippen LogP contribution is 2.30. The first kappa shape index (κ1) is 23.8. The summed E-state index contributed by atoms with van der Waals surface area (Å²) in [6, 6.07) is 10.9. The number of hydrogen-bond donors (Lipinski definition) is 0. The van der Waals surface area contributed by atoms with Crippen LogP contribution in [0.5, 0.6) is 5.75 Å². The molecule has 0 fully saturated rings. The van der Waals surface area contributed by atoms with Crippen molar-refractivity contribution in [3.05, 3.63) is 70.8 Å². The lowest BCUT2D eigenvalue weighted by Gasteiger charge is -2.23. The minimum absolute atomic E-state index is 0.0419. The van der Waals surface area contributed by atoms with Gasteiger partial charge in [0.2, 0.25) is 0 Å². The van der Waals surface area contributed by atoms with Crippen LogP contribution in [0.15, 0.2) is 54.2 Å². The molecule has 7 heteroatoms. The molecule has 2 aromatic rings. The first-order valence-corrected chi connectivity index (χ1v) is 9.88. The first-order valence-electron chi connectivity index (χ1n) is 9.50. The Hall–Kier alpha value is -3.43. The van der Waals surface area contributed by atoms with E-state index in [2.05, 4.69) is 17.7 Å². The maximum atomic E-state index is 12.2. The van der Waals surface area contributed by atoms with Gasteiger partial charge in [0.1, 0.15) is 19.0 Å². The number of carbonyl (C=O) groups excluding carboxylic acids is 1. The Morgan fingerprint density at radius 3 is 2.77 bits per heavy atom. The van der Waals surface area contributed by atoms with Crippen LogP contribution in [0.3, 0.4) is 0 Å². The minimum atomic E-state index is -0.574. The second-order valence-electron chi connectivity index (χ2n) is 6.53. The lowest BCUT2D eigenvalue weighted by atomic mass is 10.1. The number of amides is 1. The molecule has 0 aromatic heterocycles. The second-order valence-corrected chi connectivity index (χ2v) is 6.94. The van der Waals surface area contributed by atoms with Gasteiger partial charge in [-0.1, -0.05) is 41.4 Å². The van der Waals surface area contributed by atoms with Gasteiger partial charge in [-0.05, 0) is 55.3 Å². The van der Waals surface area contributed by atoms with E-state index in [1.807, 2.05) is 32.0 Å². The van der Waals surface area contributed by atoms with Crippen LogP contribution in [0.4, 0.5) is 10.5 Å². The van der Waals surface area contributed by atoms with Crippen molar-refractivity contribution in [2.24, 2.45) is 5.16 Å². The number of aryl methyl sites for hydroxylation is 1. The van der Waals surface area contributed by atoms with E-state index < -0.39 is 6.09 Å². The maximum absolute atomic E-state index is 12.2. The quantitative estimate of drug-likeness (QED) is 0.173. The van der Waals surface area contributed by atoms with Gasteiger partial charge < -0.3 is 14.3 Å². The molecular formula is C24H25ClN2O4. The molecule has 0 saturated heterocycles. The van der Waals surface area contributed by atoms with E-state index >= 15 is 0 Å². The van der Waals surface area contributed by atoms with E-state index in [0.29, 0.717) is 28.6 Å². The molecule has 0 spiro atoms. The van der Waals surface area contributed by atoms with Gasteiger partial charge in [0, 0.05) is 10.6 Å². The van der Waals surface area contributed by atoms with E-state index in [9.17, 15) is 4.79 Å². The largest absolute Gasteiger partial charge is 0.488 e. The van der Waals surface area contributed by atoms with E-state index in [4.69, 9.17) is 32.3 Å². The molecule has 0 aliphatic heterocycles. The van der Waals surface area contributed by atoms with Crippen LogP contribution in [0.1, 0.15) is 23.6 Å². The number of anilines is 1. The van der Waals surface area contributed by atoms with Crippen LogP contribution >= 0.6 is 11.6 Å². The van der Waals surface area contributed by atoms with Crippen molar-refractivity contribution in [3.63, 3.8) is 0 Å². The number of ether oxygens (including phenoxy) is 2. The number of halogens is 1. The summed E-state index contributed by atoms with van der Waals surface area (Å²) >= 11 is 6.41. The molecule has 0 saturated carbocycles. The topological polar surface area (TPSA) is 60.4 Å². The number of benzene rings is 2. The average molecular weight is 441 g/mol. The lowest BCUT2D eigenvalue weighted by Crippen LogP contribution is -2.32. The molecule has 0 radical (unpaired) electrons. The Balaban J connectivity index is 2.25. The number of terminal acetylenes is 1. The highest BCUT2D eigenvalue weighted by atomic mass is 35.5. The van der Waals surface area contributed by atoms with Gasteiger partial charge in [-0.2, -0.15) is 0 Å². The van der Waals surface area contributed by atoms with Gasteiger partial charge in [-0.15, -0.1) is 6.42 Å². The molecule has 1 amide bonds. The molecule has 0 aliphatic carbocycles. The van der Waals surface area contributed by atoms with E-state index in [1.165, 1.54) is 12.0 Å². The zero-order valence-corrected chi connectivity index (χ0v) is 18.6. The molecule has 2 aromatic carbocycles. The molecule has 162 valence electrons. The van der Waals surface area contributed by atoms with Crippen LogP contribution in [0.25, 0.3) is 0 Å². The summed E-state index contributed by atoms with van der Waals surface area (Å²) in [7, 11) is 1.30. The Bertz CT molecular complexity index is 1010. The van der Waals surface area contributed by atoms with Crippen molar-refractivity contribution < 1.29 is 19.1 Å². The number of carbonyl (C=O) groups is 1. The van der Waals surface area contributed by atoms with Crippen molar-refractivity contribution in [3.8, 4) is 18.1 Å². The zero-order chi connectivity index (χ0) is 22.8. The average Bonchev–Trinajstić information content (AvgIpc) is 2.76. The summed E-state index contributed by atoms with van der Waals surface area (Å²) in [6.07, 6.45) is 6.48. The first-order chi connectivity index (χ1) is 14.9. The Kier molecular flexibility index (Phi) is 8.98. The van der Waals surface area contributed by atoms with Crippen molar-refractivity contribution in [2.75, 3.05) is 25.2 Å². The molecule has 2 rings (SSSR count). The SMILES string of the molecule is C#CCN(C(=O)OC)c1cccc(Cl)c1COc1ccc(C(C)=NOCC=C)cc1C. The highest BCUT2D eigenvalue weighted by Gasteiger charge is 2.20. The number of methoxy groups -OCH3 is 1. The van der Waals surface area contributed by atoms with Crippen LogP contribution in [-0.2, 0) is 16.2 Å². The van der Waals surface area contributed by atoms with Gasteiger partial charge in [-0.25, -0.2) is 4.79 Å². The molecule has 0 unspecified atom stereocenters. The Morgan fingerprint density at radius 2 is 2.13 bits per heavy atom. The fraction of sp³-hybridized carbons (Fsp3) is 0.250. The molecule has 0 N–H and O–H groups in total. The molecule has 0 atom stereocenters. The van der Waals surface area contributed by atoms with E-state index in [-0.39, 0.29) is 13.2 Å². The Morgan fingerprint density at radius 1 is 1.35 bits per heavy atom. The second kappa shape index (κ2) is 11.7. The third-order valence-corrected chi connectivity index (χ3v) is 4.74. The third-order valence-electron chi connectivity index (χ3n) is 4.39. The highest BCUT2D eigenvalue weighted by molar-refractivity contribution is 6.31. The summed E-state index contributed by atoms with van der Waals surface area (Å²) < 4.78 is 10.9. The summed E-state index contributed by atoms with van der Waals surface area (Å²) in [5.41, 5.74) is 3.74. The van der Waals surface area contributed by atoms with E-state index in [1.54, 1.807) is 24.3 Å². The summed E-state index contributed by atoms with van der Waals surface area (Å²) in [4.78, 5) is 18.7. The predicted octanol–water partition coefficient (Wildman–Crippen LogP) is 5.36. The van der Waals surface area contributed by atoms with Gasteiger partial charge in [-0.3, -0.25) is 4.90 Å². The molecule has 6 nitrogen and oxygen atoms in total. The predicted molar refractivity (Wildman–Crippen MR) is 124 cm³/mol. The van der Waals surface area contributed by atoms with Gasteiger partial charge in [0.15, 0.2) is 0 Å². The van der Waals surface area contributed by atoms with Gasteiger partial charge in [0.05, 0.1) is 25.1 Å². The van der Waals surface area contributed by atoms with Crippen molar-refractivity contribution in [1.29, 1.82) is 0 Å². The lowest BCUT2D eigenvalue weighted by molar-refractivity contribution is 0.175. The Labute approximate surface area is 188 Å². The molecule has 0 aliphatic rings. The fourth-order valence-corrected chi connectivity index (χ4v) is 3.04. The maximum Gasteiger partial charge on any atom is 0.414 e. The molecule has 0 heterocycles. The van der Waals surface area contributed by atoms with Gasteiger partial charge >= 0.3 is 6.09 Å². The molecule has 31 heavy (non-hydrogen) atoms. The normalized spacial score (nSPS) is 10.7. The monoisotopic (exact) mass is 440 g/mol. The number of nitrogens with zero attached hydrogens (tertiary/aromatic N) is 2. The number of rotatable bonds is 9. The van der Waals surface area contributed by atoms with Crippen LogP contribution in [-0.4, -0.2) is 32.1 Å². The van der Waals surface area contributed by atoms with Crippen LogP contribution < -0.4 is 9.64 Å². The smallest absolute Gasteiger partial charge is 0.414 e. The van der Waals surface area contributed by atoms with Crippen LogP contribution in [0.2, 0.25) is 5.02 Å². The minimum Gasteiger partial charge on any atom is -0.488 e. The van der Waals surface area contributed by atoms with Crippen molar-refractivity contribution in [2.45, 2.75) is 20.5 Å². The van der Waals surface area contributed by atoms with Crippen molar-refractivity contribution >= 4 is 29.1 Å². The van der Waals surface area contributed by atoms with E-state index in [0.717, 1.165) is 16.8 Å². The van der Waals surface area contributed by atoms with Gasteiger partial charge in [0.25, 0.3) is 0 Å². The number of oxime groups is 1.